The molecular formula is C45H25N3O2S. The maximum atomic E-state index is 9.62. The smallest absolute Gasteiger partial charge is 0.164 e. The molecule has 0 aliphatic rings. The molecule has 0 fully saturated rings. The zero-order chi connectivity index (χ0) is 38.7. The van der Waals surface area contributed by atoms with E-state index in [0.29, 0.717) is 54.5 Å². The number of fused-ring (bicyclic) bond motifs is 9. The minimum absolute atomic E-state index is 0.0428. The Bertz CT molecular complexity index is 3510. The van der Waals surface area contributed by atoms with E-state index in [1.165, 1.54) is 11.3 Å². The first-order valence-corrected chi connectivity index (χ1v) is 17.2. The van der Waals surface area contributed by atoms with Gasteiger partial charge in [0.25, 0.3) is 0 Å². The summed E-state index contributed by atoms with van der Waals surface area (Å²) < 4.78 is 68.4. The van der Waals surface area contributed by atoms with Crippen LogP contribution in [0, 0.1) is 0 Å². The van der Waals surface area contributed by atoms with E-state index in [-0.39, 0.29) is 58.4 Å². The number of benzene rings is 7. The van der Waals surface area contributed by atoms with E-state index in [1.54, 1.807) is 0 Å². The molecule has 0 aliphatic carbocycles. The molecule has 11 aromatic rings. The normalized spacial score (nSPS) is 13.6. The average molecular weight is 678 g/mol. The van der Waals surface area contributed by atoms with Crippen LogP contribution in [0.3, 0.4) is 0 Å². The molecule has 11 rings (SSSR count). The predicted molar refractivity (Wildman–Crippen MR) is 209 cm³/mol. The van der Waals surface area contributed by atoms with Crippen molar-refractivity contribution < 1.29 is 17.1 Å². The number of aromatic nitrogens is 3. The van der Waals surface area contributed by atoms with Crippen LogP contribution in [0.25, 0.3) is 109 Å². The van der Waals surface area contributed by atoms with Gasteiger partial charge in [0, 0.05) is 58.4 Å². The van der Waals surface area contributed by atoms with Crippen LogP contribution >= 0.6 is 11.3 Å². The van der Waals surface area contributed by atoms with E-state index in [0.717, 1.165) is 32.7 Å². The fourth-order valence-corrected chi connectivity index (χ4v) is 7.95. The number of rotatable bonds is 4. The van der Waals surface area contributed by atoms with Crippen LogP contribution in [0.15, 0.2) is 160 Å². The standard InChI is InChI=1S/C45H25N3O2S/c1-2-9-26(10-3-1)43-46-44(28-17-20-33-31-11-4-6-15-37(31)50-40(33)24-28)48-45(47-43)29-18-21-34-35-14-8-13-30(42(35)51-41(34)25-29)27-19-22-39-36(23-27)32-12-5-7-16-38(32)49-39/h1-25H/i8D,13D,14D,18D,21D,25D. The monoisotopic (exact) mass is 677 g/mol. The minimum Gasteiger partial charge on any atom is -0.456 e. The molecule has 0 spiro atoms. The molecular weight excluding hydrogens is 647 g/mol. The van der Waals surface area contributed by atoms with E-state index < -0.39 is 0 Å². The third-order valence-corrected chi connectivity index (χ3v) is 10.4. The average Bonchev–Trinajstić information content (AvgIpc) is 3.94. The molecule has 4 heterocycles. The largest absolute Gasteiger partial charge is 0.456 e. The van der Waals surface area contributed by atoms with Crippen LogP contribution in [-0.4, -0.2) is 15.0 Å². The fourth-order valence-electron chi connectivity index (χ4n) is 6.81. The molecule has 4 aromatic heterocycles. The SMILES string of the molecule is [2H]c1c([2H])c([2H])c2c(sc3c([2H])c(-c4nc(-c5ccccc5)nc(-c5ccc6c(c5)oc5ccccc56)n4)c([2H])c([2H])c32)c1-c1ccc2oc3ccccc3c2c1. The summed E-state index contributed by atoms with van der Waals surface area (Å²) in [6.45, 7) is 0. The summed E-state index contributed by atoms with van der Waals surface area (Å²) in [4.78, 5) is 14.5. The Balaban J connectivity index is 1.16. The summed E-state index contributed by atoms with van der Waals surface area (Å²) in [5.74, 6) is 0.689. The van der Waals surface area contributed by atoms with Crippen LogP contribution in [0.5, 0.6) is 0 Å². The van der Waals surface area contributed by atoms with Crippen LogP contribution in [0.1, 0.15) is 8.22 Å². The van der Waals surface area contributed by atoms with Crippen molar-refractivity contribution in [3.8, 4) is 45.3 Å². The summed E-state index contributed by atoms with van der Waals surface area (Å²) >= 11 is 1.17. The molecule has 0 aliphatic heterocycles. The summed E-state index contributed by atoms with van der Waals surface area (Å²) in [6, 6.07) is 35.0. The molecule has 0 radical (unpaired) electrons. The quantitative estimate of drug-likeness (QED) is 0.185. The summed E-state index contributed by atoms with van der Waals surface area (Å²) in [7, 11) is 0. The van der Waals surface area contributed by atoms with Gasteiger partial charge in [0.1, 0.15) is 22.3 Å². The van der Waals surface area contributed by atoms with Crippen LogP contribution in [0.2, 0.25) is 0 Å². The molecule has 51 heavy (non-hydrogen) atoms. The number of thiophene rings is 1. The Morgan fingerprint density at radius 2 is 1.10 bits per heavy atom. The van der Waals surface area contributed by atoms with E-state index in [1.807, 2.05) is 115 Å². The Kier molecular flexibility index (Phi) is 4.91. The van der Waals surface area contributed by atoms with Gasteiger partial charge in [0.15, 0.2) is 17.5 Å². The second kappa shape index (κ2) is 10.9. The summed E-state index contributed by atoms with van der Waals surface area (Å²) in [5, 5.41) is 4.17. The lowest BCUT2D eigenvalue weighted by atomic mass is 10.0. The Hall–Kier alpha value is -6.63. The molecule has 6 heteroatoms. The van der Waals surface area contributed by atoms with Gasteiger partial charge >= 0.3 is 0 Å². The van der Waals surface area contributed by atoms with Crippen molar-refractivity contribution in [3.63, 3.8) is 0 Å². The van der Waals surface area contributed by atoms with Crippen LogP contribution in [-0.2, 0) is 0 Å². The molecule has 0 N–H and O–H groups in total. The van der Waals surface area contributed by atoms with Gasteiger partial charge in [-0.3, -0.25) is 0 Å². The number of para-hydroxylation sites is 2. The lowest BCUT2D eigenvalue weighted by Gasteiger charge is -2.08. The van der Waals surface area contributed by atoms with Gasteiger partial charge in [-0.25, -0.2) is 15.0 Å². The summed E-state index contributed by atoms with van der Waals surface area (Å²) in [6.07, 6.45) is 0. The number of hydrogen-bond donors (Lipinski definition) is 0. The third-order valence-electron chi connectivity index (χ3n) is 9.25. The molecule has 0 unspecified atom stereocenters. The molecule has 238 valence electrons. The second-order valence-corrected chi connectivity index (χ2v) is 13.3. The Morgan fingerprint density at radius 3 is 1.92 bits per heavy atom. The highest BCUT2D eigenvalue weighted by molar-refractivity contribution is 7.26. The first kappa shape index (κ1) is 22.9. The number of hydrogen-bond acceptors (Lipinski definition) is 6. The van der Waals surface area contributed by atoms with Crippen molar-refractivity contribution in [1.29, 1.82) is 0 Å². The van der Waals surface area contributed by atoms with Crippen molar-refractivity contribution in [2.45, 2.75) is 0 Å². The van der Waals surface area contributed by atoms with Crippen molar-refractivity contribution >= 4 is 75.4 Å². The van der Waals surface area contributed by atoms with Crippen molar-refractivity contribution in [2.75, 3.05) is 0 Å². The third kappa shape index (κ3) is 4.50. The van der Waals surface area contributed by atoms with Gasteiger partial charge in [-0.05, 0) is 53.6 Å². The lowest BCUT2D eigenvalue weighted by Crippen LogP contribution is -2.00. The van der Waals surface area contributed by atoms with E-state index in [4.69, 9.17) is 27.9 Å². The van der Waals surface area contributed by atoms with E-state index in [2.05, 4.69) is 0 Å². The molecule has 0 bridgehead atoms. The maximum absolute atomic E-state index is 9.62. The van der Waals surface area contributed by atoms with Gasteiger partial charge < -0.3 is 8.83 Å². The maximum Gasteiger partial charge on any atom is 0.164 e. The summed E-state index contributed by atoms with van der Waals surface area (Å²) in [5.41, 5.74) is 5.27. The van der Waals surface area contributed by atoms with Gasteiger partial charge in [0.2, 0.25) is 0 Å². The fraction of sp³-hybridized carbons (Fsp3) is 0. The number of nitrogens with zero attached hydrogens (tertiary/aromatic N) is 3. The molecule has 0 amide bonds. The highest BCUT2D eigenvalue weighted by atomic mass is 32.1. The van der Waals surface area contributed by atoms with Gasteiger partial charge in [0.05, 0.1) is 8.22 Å². The second-order valence-electron chi connectivity index (χ2n) is 12.3. The molecule has 5 nitrogen and oxygen atoms in total. The van der Waals surface area contributed by atoms with Crippen molar-refractivity contribution in [2.24, 2.45) is 0 Å². The number of furan rings is 2. The minimum atomic E-state index is -0.299. The van der Waals surface area contributed by atoms with Crippen LogP contribution in [0.4, 0.5) is 0 Å². The Labute approximate surface area is 303 Å². The van der Waals surface area contributed by atoms with Gasteiger partial charge in [-0.15, -0.1) is 11.3 Å². The van der Waals surface area contributed by atoms with Gasteiger partial charge in [-0.2, -0.15) is 0 Å². The highest BCUT2D eigenvalue weighted by Crippen LogP contribution is 2.42. The predicted octanol–water partition coefficient (Wildman–Crippen LogP) is 12.7. The van der Waals surface area contributed by atoms with Crippen molar-refractivity contribution in [3.05, 3.63) is 152 Å². The van der Waals surface area contributed by atoms with E-state index in [9.17, 15) is 4.11 Å². The first-order chi connectivity index (χ1) is 27.7. The molecule has 0 saturated carbocycles. The van der Waals surface area contributed by atoms with Gasteiger partial charge in [-0.1, -0.05) is 109 Å². The highest BCUT2D eigenvalue weighted by Gasteiger charge is 2.17. The topological polar surface area (TPSA) is 65.0 Å². The zero-order valence-electron chi connectivity index (χ0n) is 32.5. The molecule has 0 atom stereocenters. The lowest BCUT2D eigenvalue weighted by molar-refractivity contribution is 0.668. The zero-order valence-corrected chi connectivity index (χ0v) is 27.4. The molecule has 7 aromatic carbocycles. The van der Waals surface area contributed by atoms with E-state index >= 15 is 0 Å². The molecule has 0 saturated heterocycles. The van der Waals surface area contributed by atoms with Crippen LogP contribution < -0.4 is 0 Å². The Morgan fingerprint density at radius 1 is 0.451 bits per heavy atom. The van der Waals surface area contributed by atoms with Crippen molar-refractivity contribution in [1.82, 2.24) is 15.0 Å². The first-order valence-electron chi connectivity index (χ1n) is 19.4.